The predicted molar refractivity (Wildman–Crippen MR) is 104 cm³/mol. The number of hydrogen-bond acceptors (Lipinski definition) is 2. The molecule has 1 aliphatic carbocycles. The van der Waals surface area contributed by atoms with Crippen LogP contribution in [0.15, 0.2) is 29.3 Å². The van der Waals surface area contributed by atoms with E-state index in [-0.39, 0.29) is 24.0 Å². The van der Waals surface area contributed by atoms with E-state index in [2.05, 4.69) is 36.3 Å². The first-order valence-corrected chi connectivity index (χ1v) is 7.88. The number of aliphatic imine (C=N–C) groups is 1. The van der Waals surface area contributed by atoms with Crippen LogP contribution in [-0.2, 0) is 0 Å². The zero-order valence-corrected chi connectivity index (χ0v) is 15.8. The Morgan fingerprint density at radius 2 is 2.00 bits per heavy atom. The number of guanidine groups is 1. The SMILES string of the molecule is CC(C)c1cccc(NC(N)=NCC2(O)CCCCC2)c1.I. The average molecular weight is 417 g/mol. The van der Waals surface area contributed by atoms with E-state index in [1.165, 1.54) is 12.0 Å². The highest BCUT2D eigenvalue weighted by atomic mass is 127. The Morgan fingerprint density at radius 1 is 1.32 bits per heavy atom. The first kappa shape index (κ1) is 19.2. The summed E-state index contributed by atoms with van der Waals surface area (Å²) in [5.41, 5.74) is 7.48. The lowest BCUT2D eigenvalue weighted by molar-refractivity contribution is 0.0132. The van der Waals surface area contributed by atoms with Crippen LogP contribution < -0.4 is 11.1 Å². The fourth-order valence-corrected chi connectivity index (χ4v) is 2.76. The Morgan fingerprint density at radius 3 is 2.64 bits per heavy atom. The van der Waals surface area contributed by atoms with Crippen molar-refractivity contribution in [2.45, 2.75) is 57.5 Å². The molecule has 2 rings (SSSR count). The van der Waals surface area contributed by atoms with Crippen molar-refractivity contribution in [3.05, 3.63) is 29.8 Å². The summed E-state index contributed by atoms with van der Waals surface area (Å²) in [6, 6.07) is 8.18. The predicted octanol–water partition coefficient (Wildman–Crippen LogP) is 3.85. The summed E-state index contributed by atoms with van der Waals surface area (Å²) < 4.78 is 0. The average Bonchev–Trinajstić information content (AvgIpc) is 2.46. The molecule has 4 N–H and O–H groups in total. The molecule has 0 aromatic heterocycles. The molecule has 1 aromatic rings. The molecule has 1 aliphatic rings. The normalized spacial score (nSPS) is 17.9. The summed E-state index contributed by atoms with van der Waals surface area (Å²) >= 11 is 0. The van der Waals surface area contributed by atoms with Gasteiger partial charge in [0.2, 0.25) is 0 Å². The summed E-state index contributed by atoms with van der Waals surface area (Å²) in [6.45, 7) is 4.71. The van der Waals surface area contributed by atoms with E-state index in [0.717, 1.165) is 31.4 Å². The van der Waals surface area contributed by atoms with Crippen LogP contribution in [0.1, 0.15) is 57.4 Å². The van der Waals surface area contributed by atoms with Gasteiger partial charge >= 0.3 is 0 Å². The third-order valence-electron chi connectivity index (χ3n) is 4.15. The second kappa shape index (κ2) is 8.72. The molecular formula is C17H28IN3O. The van der Waals surface area contributed by atoms with E-state index >= 15 is 0 Å². The monoisotopic (exact) mass is 417 g/mol. The van der Waals surface area contributed by atoms with Gasteiger partial charge in [0.15, 0.2) is 5.96 Å². The molecule has 0 unspecified atom stereocenters. The topological polar surface area (TPSA) is 70.6 Å². The zero-order valence-electron chi connectivity index (χ0n) is 13.5. The fourth-order valence-electron chi connectivity index (χ4n) is 2.76. The molecule has 5 heteroatoms. The lowest BCUT2D eigenvalue weighted by Crippen LogP contribution is -2.36. The number of anilines is 1. The molecular weight excluding hydrogens is 389 g/mol. The van der Waals surface area contributed by atoms with Crippen LogP contribution >= 0.6 is 24.0 Å². The van der Waals surface area contributed by atoms with Gasteiger partial charge in [-0.2, -0.15) is 0 Å². The van der Waals surface area contributed by atoms with Crippen LogP contribution in [-0.4, -0.2) is 23.2 Å². The van der Waals surface area contributed by atoms with Gasteiger partial charge in [0.1, 0.15) is 0 Å². The van der Waals surface area contributed by atoms with Crippen LogP contribution in [0.2, 0.25) is 0 Å². The van der Waals surface area contributed by atoms with Gasteiger partial charge in [0.05, 0.1) is 12.1 Å². The van der Waals surface area contributed by atoms with Gasteiger partial charge in [-0.05, 0) is 36.5 Å². The zero-order chi connectivity index (χ0) is 15.3. The smallest absolute Gasteiger partial charge is 0.193 e. The van der Waals surface area contributed by atoms with Crippen LogP contribution in [0.3, 0.4) is 0 Å². The number of nitrogens with two attached hydrogens (primary N) is 1. The minimum Gasteiger partial charge on any atom is -0.388 e. The van der Waals surface area contributed by atoms with E-state index < -0.39 is 5.60 Å². The largest absolute Gasteiger partial charge is 0.388 e. The van der Waals surface area contributed by atoms with Crippen molar-refractivity contribution in [2.24, 2.45) is 10.7 Å². The Balaban J connectivity index is 0.00000242. The van der Waals surface area contributed by atoms with Gasteiger partial charge in [0, 0.05) is 5.69 Å². The third-order valence-corrected chi connectivity index (χ3v) is 4.15. The van der Waals surface area contributed by atoms with E-state index in [4.69, 9.17) is 5.73 Å². The minimum absolute atomic E-state index is 0. The van der Waals surface area contributed by atoms with E-state index in [0.29, 0.717) is 18.4 Å². The number of nitrogens with one attached hydrogen (secondary N) is 1. The summed E-state index contributed by atoms with van der Waals surface area (Å²) in [6.07, 6.45) is 5.02. The summed E-state index contributed by atoms with van der Waals surface area (Å²) in [5, 5.41) is 13.5. The van der Waals surface area contributed by atoms with Crippen LogP contribution in [0.25, 0.3) is 0 Å². The standard InChI is InChI=1S/C17H27N3O.HI/c1-13(2)14-7-6-8-15(11-14)20-16(18)19-12-17(21)9-4-3-5-10-17;/h6-8,11,13,21H,3-5,9-10,12H2,1-2H3,(H3,18,19,20);1H. The summed E-state index contributed by atoms with van der Waals surface area (Å²) in [5.74, 6) is 0.850. The van der Waals surface area contributed by atoms with Crippen molar-refractivity contribution in [1.29, 1.82) is 0 Å². The Labute approximate surface area is 150 Å². The molecule has 22 heavy (non-hydrogen) atoms. The molecule has 1 fully saturated rings. The van der Waals surface area contributed by atoms with Crippen LogP contribution in [0, 0.1) is 0 Å². The molecule has 1 aromatic carbocycles. The molecule has 0 heterocycles. The van der Waals surface area contributed by atoms with Crippen molar-refractivity contribution in [3.63, 3.8) is 0 Å². The van der Waals surface area contributed by atoms with E-state index in [9.17, 15) is 5.11 Å². The number of aliphatic hydroxyl groups is 1. The maximum absolute atomic E-state index is 10.4. The van der Waals surface area contributed by atoms with Crippen molar-refractivity contribution < 1.29 is 5.11 Å². The molecule has 4 nitrogen and oxygen atoms in total. The number of halogens is 1. The molecule has 0 saturated heterocycles. The Kier molecular flexibility index (Phi) is 7.62. The molecule has 1 saturated carbocycles. The molecule has 0 spiro atoms. The summed E-state index contributed by atoms with van der Waals surface area (Å²) in [7, 11) is 0. The van der Waals surface area contributed by atoms with Gasteiger partial charge in [-0.25, -0.2) is 0 Å². The highest BCUT2D eigenvalue weighted by molar-refractivity contribution is 14.0. The van der Waals surface area contributed by atoms with E-state index in [1.807, 2.05) is 12.1 Å². The van der Waals surface area contributed by atoms with Gasteiger partial charge < -0.3 is 16.2 Å². The van der Waals surface area contributed by atoms with Gasteiger partial charge in [-0.3, -0.25) is 4.99 Å². The number of benzene rings is 1. The fraction of sp³-hybridized carbons (Fsp3) is 0.588. The number of rotatable bonds is 4. The van der Waals surface area contributed by atoms with Crippen LogP contribution in [0.5, 0.6) is 0 Å². The third kappa shape index (κ3) is 5.76. The number of nitrogens with zero attached hydrogens (tertiary/aromatic N) is 1. The lowest BCUT2D eigenvalue weighted by Gasteiger charge is -2.30. The van der Waals surface area contributed by atoms with E-state index in [1.54, 1.807) is 0 Å². The van der Waals surface area contributed by atoms with Gasteiger partial charge in [-0.1, -0.05) is 45.2 Å². The lowest BCUT2D eigenvalue weighted by atomic mass is 9.85. The quantitative estimate of drug-likeness (QED) is 0.396. The second-order valence-corrected chi connectivity index (χ2v) is 6.39. The van der Waals surface area contributed by atoms with Crippen molar-refractivity contribution in [3.8, 4) is 0 Å². The van der Waals surface area contributed by atoms with Crippen molar-refractivity contribution in [2.75, 3.05) is 11.9 Å². The minimum atomic E-state index is -0.662. The molecule has 0 aliphatic heterocycles. The van der Waals surface area contributed by atoms with Crippen LogP contribution in [0.4, 0.5) is 5.69 Å². The first-order valence-electron chi connectivity index (χ1n) is 7.88. The Bertz CT molecular complexity index is 496. The number of hydrogen-bond donors (Lipinski definition) is 3. The maximum Gasteiger partial charge on any atom is 0.193 e. The first-order chi connectivity index (χ1) is 9.98. The second-order valence-electron chi connectivity index (χ2n) is 6.39. The molecule has 124 valence electrons. The van der Waals surface area contributed by atoms with Crippen molar-refractivity contribution in [1.82, 2.24) is 0 Å². The summed E-state index contributed by atoms with van der Waals surface area (Å²) in [4.78, 5) is 4.32. The molecule has 0 amide bonds. The maximum atomic E-state index is 10.4. The molecule has 0 bridgehead atoms. The van der Waals surface area contributed by atoms with Gasteiger partial charge in [0.25, 0.3) is 0 Å². The van der Waals surface area contributed by atoms with Crippen molar-refractivity contribution >= 4 is 35.6 Å². The highest BCUT2D eigenvalue weighted by Crippen LogP contribution is 2.28. The molecule has 0 atom stereocenters. The Hall–Kier alpha value is -0.820. The molecule has 0 radical (unpaired) electrons. The highest BCUT2D eigenvalue weighted by Gasteiger charge is 2.28. The van der Waals surface area contributed by atoms with Gasteiger partial charge in [-0.15, -0.1) is 24.0 Å².